The van der Waals surface area contributed by atoms with Gasteiger partial charge in [-0.15, -0.1) is 0 Å². The van der Waals surface area contributed by atoms with E-state index in [9.17, 15) is 4.79 Å². The van der Waals surface area contributed by atoms with Crippen molar-refractivity contribution < 1.29 is 4.79 Å². The molecule has 54 valence electrons. The molecule has 0 unspecified atom stereocenters. The Morgan fingerprint density at radius 2 is 1.89 bits per heavy atom. The average Bonchev–Trinajstić information content (AvgIpc) is 1.65. The second-order valence-corrected chi connectivity index (χ2v) is 3.51. The number of hydrogen-bond acceptors (Lipinski definition) is 1. The van der Waals surface area contributed by atoms with Crippen LogP contribution in [0, 0.1) is 11.3 Å². The van der Waals surface area contributed by atoms with Crippen LogP contribution in [-0.2, 0) is 4.79 Å². The second kappa shape index (κ2) is 3.00. The molecule has 0 aliphatic rings. The van der Waals surface area contributed by atoms with E-state index < -0.39 is 0 Å². The highest BCUT2D eigenvalue weighted by Gasteiger charge is 2.20. The molecule has 0 amide bonds. The van der Waals surface area contributed by atoms with Gasteiger partial charge in [-0.25, -0.2) is 0 Å². The molecule has 0 N–H and O–H groups in total. The zero-order valence-corrected chi connectivity index (χ0v) is 6.77. The van der Waals surface area contributed by atoms with Gasteiger partial charge in [-0.1, -0.05) is 27.7 Å². The van der Waals surface area contributed by atoms with Crippen molar-refractivity contribution in [1.29, 1.82) is 0 Å². The van der Waals surface area contributed by atoms with Gasteiger partial charge in [-0.05, 0) is 11.3 Å². The van der Waals surface area contributed by atoms with Crippen molar-refractivity contribution in [2.45, 2.75) is 34.1 Å². The zero-order valence-electron chi connectivity index (χ0n) is 6.77. The summed E-state index contributed by atoms with van der Waals surface area (Å²) in [6, 6.07) is 0. The minimum absolute atomic E-state index is 0.182. The molecule has 0 radical (unpaired) electrons. The van der Waals surface area contributed by atoms with Gasteiger partial charge in [-0.2, -0.15) is 0 Å². The van der Waals surface area contributed by atoms with Gasteiger partial charge in [-0.3, -0.25) is 0 Å². The first-order valence-corrected chi connectivity index (χ1v) is 3.44. The Morgan fingerprint density at radius 1 is 1.44 bits per heavy atom. The summed E-state index contributed by atoms with van der Waals surface area (Å²) in [6.45, 7) is 8.52. The number of rotatable bonds is 3. The Kier molecular flexibility index (Phi) is 2.89. The van der Waals surface area contributed by atoms with Crippen LogP contribution in [-0.4, -0.2) is 6.29 Å². The van der Waals surface area contributed by atoms with Gasteiger partial charge < -0.3 is 4.79 Å². The van der Waals surface area contributed by atoms with Crippen LogP contribution in [0.5, 0.6) is 0 Å². The van der Waals surface area contributed by atoms with Crippen molar-refractivity contribution in [2.75, 3.05) is 0 Å². The van der Waals surface area contributed by atoms with Crippen LogP contribution in [0.25, 0.3) is 0 Å². The number of carbonyl (C=O) groups excluding carboxylic acids is 1. The predicted octanol–water partition coefficient (Wildman–Crippen LogP) is 2.26. The highest BCUT2D eigenvalue weighted by Crippen LogP contribution is 2.28. The quantitative estimate of drug-likeness (QED) is 0.533. The largest absolute Gasteiger partial charge is 0.303 e. The minimum Gasteiger partial charge on any atom is -0.303 e. The van der Waals surface area contributed by atoms with Crippen molar-refractivity contribution >= 4 is 6.29 Å². The molecule has 0 atom stereocenters. The van der Waals surface area contributed by atoms with Gasteiger partial charge in [0.25, 0.3) is 0 Å². The Balaban J connectivity index is 3.84. The van der Waals surface area contributed by atoms with Crippen LogP contribution >= 0.6 is 0 Å². The summed E-state index contributed by atoms with van der Waals surface area (Å²) in [5.41, 5.74) is 0.182. The number of aldehydes is 1. The standard InChI is InChI=1S/C8H16O/c1-7(2)8(3,4)5-6-9/h6-7H,5H2,1-4H3. The van der Waals surface area contributed by atoms with E-state index in [4.69, 9.17) is 0 Å². The van der Waals surface area contributed by atoms with E-state index >= 15 is 0 Å². The van der Waals surface area contributed by atoms with Crippen LogP contribution in [0.2, 0.25) is 0 Å². The number of hydrogen-bond donors (Lipinski definition) is 0. The van der Waals surface area contributed by atoms with Crippen LogP contribution in [0.15, 0.2) is 0 Å². The fourth-order valence-electron chi connectivity index (χ4n) is 0.450. The highest BCUT2D eigenvalue weighted by molar-refractivity contribution is 5.50. The molecule has 0 aromatic rings. The van der Waals surface area contributed by atoms with Crippen molar-refractivity contribution in [2.24, 2.45) is 11.3 Å². The Labute approximate surface area is 57.5 Å². The van der Waals surface area contributed by atoms with Crippen LogP contribution < -0.4 is 0 Å². The molecule has 0 bridgehead atoms. The summed E-state index contributed by atoms with van der Waals surface area (Å²) < 4.78 is 0. The highest BCUT2D eigenvalue weighted by atomic mass is 16.1. The molecular formula is C8H16O. The summed E-state index contributed by atoms with van der Waals surface area (Å²) in [4.78, 5) is 10.1. The molecule has 0 spiro atoms. The molecule has 1 nitrogen and oxygen atoms in total. The van der Waals surface area contributed by atoms with E-state index in [1.54, 1.807) is 0 Å². The lowest BCUT2D eigenvalue weighted by Crippen LogP contribution is -2.19. The van der Waals surface area contributed by atoms with Gasteiger partial charge in [0.15, 0.2) is 0 Å². The van der Waals surface area contributed by atoms with E-state index in [2.05, 4.69) is 27.7 Å². The fourth-order valence-corrected chi connectivity index (χ4v) is 0.450. The molecule has 0 aliphatic carbocycles. The molecular weight excluding hydrogens is 112 g/mol. The first-order valence-electron chi connectivity index (χ1n) is 3.44. The summed E-state index contributed by atoms with van der Waals surface area (Å²) >= 11 is 0. The summed E-state index contributed by atoms with van der Waals surface area (Å²) in [5.74, 6) is 0.586. The maximum Gasteiger partial charge on any atom is 0.120 e. The lowest BCUT2D eigenvalue weighted by atomic mass is 9.79. The second-order valence-electron chi connectivity index (χ2n) is 3.51. The Bertz CT molecular complexity index is 92.7. The van der Waals surface area contributed by atoms with Crippen molar-refractivity contribution in [3.05, 3.63) is 0 Å². The third kappa shape index (κ3) is 2.64. The van der Waals surface area contributed by atoms with E-state index in [1.165, 1.54) is 0 Å². The third-order valence-electron chi connectivity index (χ3n) is 2.17. The summed E-state index contributed by atoms with van der Waals surface area (Å²) in [5, 5.41) is 0. The topological polar surface area (TPSA) is 17.1 Å². The van der Waals surface area contributed by atoms with Crippen LogP contribution in [0.3, 0.4) is 0 Å². The molecule has 0 aliphatic heterocycles. The first kappa shape index (κ1) is 8.67. The van der Waals surface area contributed by atoms with Gasteiger partial charge >= 0.3 is 0 Å². The van der Waals surface area contributed by atoms with E-state index in [1.807, 2.05) is 0 Å². The molecule has 0 saturated carbocycles. The number of carbonyl (C=O) groups is 1. The van der Waals surface area contributed by atoms with Crippen LogP contribution in [0.4, 0.5) is 0 Å². The minimum atomic E-state index is 0.182. The van der Waals surface area contributed by atoms with E-state index in [-0.39, 0.29) is 5.41 Å². The molecule has 0 aromatic heterocycles. The molecule has 9 heavy (non-hydrogen) atoms. The van der Waals surface area contributed by atoms with E-state index in [0.717, 1.165) is 6.29 Å². The van der Waals surface area contributed by atoms with Crippen molar-refractivity contribution in [3.8, 4) is 0 Å². The lowest BCUT2D eigenvalue weighted by molar-refractivity contribution is -0.110. The maximum absolute atomic E-state index is 10.1. The average molecular weight is 128 g/mol. The zero-order chi connectivity index (χ0) is 7.49. The summed E-state index contributed by atoms with van der Waals surface area (Å²) in [6.07, 6.45) is 1.67. The molecule has 0 heterocycles. The molecule has 0 saturated heterocycles. The van der Waals surface area contributed by atoms with Crippen molar-refractivity contribution in [1.82, 2.24) is 0 Å². The SMILES string of the molecule is CC(C)C(C)(C)CC=O. The molecule has 0 aromatic carbocycles. The smallest absolute Gasteiger partial charge is 0.120 e. The summed E-state index contributed by atoms with van der Waals surface area (Å²) in [7, 11) is 0. The van der Waals surface area contributed by atoms with E-state index in [0.29, 0.717) is 12.3 Å². The normalized spacial score (nSPS) is 12.1. The molecule has 1 heteroatoms. The molecule has 0 rings (SSSR count). The third-order valence-corrected chi connectivity index (χ3v) is 2.17. The Morgan fingerprint density at radius 3 is 2.00 bits per heavy atom. The maximum atomic E-state index is 10.1. The predicted molar refractivity (Wildman–Crippen MR) is 39.3 cm³/mol. The Hall–Kier alpha value is -0.330. The van der Waals surface area contributed by atoms with Gasteiger partial charge in [0, 0.05) is 6.42 Å². The van der Waals surface area contributed by atoms with Crippen LogP contribution in [0.1, 0.15) is 34.1 Å². The lowest BCUT2D eigenvalue weighted by Gasteiger charge is -2.26. The van der Waals surface area contributed by atoms with Gasteiger partial charge in [0.2, 0.25) is 0 Å². The van der Waals surface area contributed by atoms with Crippen molar-refractivity contribution in [3.63, 3.8) is 0 Å². The van der Waals surface area contributed by atoms with Gasteiger partial charge in [0.05, 0.1) is 0 Å². The monoisotopic (exact) mass is 128 g/mol. The van der Waals surface area contributed by atoms with Gasteiger partial charge in [0.1, 0.15) is 6.29 Å². The fraction of sp³-hybridized carbons (Fsp3) is 0.875. The first-order chi connectivity index (χ1) is 4.00. The molecule has 0 fully saturated rings.